The van der Waals surface area contributed by atoms with E-state index < -0.39 is 36.5 Å². The standard InChI is InChI=1S/C9H14FN3O4S2/c1-12-18(14,15)6-5-13-19(16,17)9-7(10)3-2-4-8(9)11/h2-4,12-13H,5-6,11H2,1H3. The van der Waals surface area contributed by atoms with Crippen molar-refractivity contribution >= 4 is 25.7 Å². The third-order valence-corrected chi connectivity index (χ3v) is 5.16. The van der Waals surface area contributed by atoms with Crippen molar-refractivity contribution in [1.29, 1.82) is 0 Å². The number of halogens is 1. The smallest absolute Gasteiger partial charge is 0.245 e. The van der Waals surface area contributed by atoms with Gasteiger partial charge in [-0.05, 0) is 19.2 Å². The van der Waals surface area contributed by atoms with Gasteiger partial charge >= 0.3 is 0 Å². The fourth-order valence-corrected chi connectivity index (χ4v) is 3.22. The number of sulfonamides is 2. The van der Waals surface area contributed by atoms with Gasteiger partial charge in [0.2, 0.25) is 20.0 Å². The van der Waals surface area contributed by atoms with Crippen LogP contribution >= 0.6 is 0 Å². The van der Waals surface area contributed by atoms with Crippen LogP contribution in [-0.2, 0) is 20.0 Å². The van der Waals surface area contributed by atoms with Crippen LogP contribution in [0.4, 0.5) is 10.1 Å². The monoisotopic (exact) mass is 311 g/mol. The highest BCUT2D eigenvalue weighted by molar-refractivity contribution is 7.90. The number of nitrogens with two attached hydrogens (primary N) is 1. The number of hydrogen-bond donors (Lipinski definition) is 3. The van der Waals surface area contributed by atoms with Gasteiger partial charge < -0.3 is 5.73 Å². The Kier molecular flexibility index (Phi) is 4.85. The molecule has 0 saturated carbocycles. The summed E-state index contributed by atoms with van der Waals surface area (Å²) >= 11 is 0. The molecular formula is C9H14FN3O4S2. The van der Waals surface area contributed by atoms with E-state index in [4.69, 9.17) is 5.73 Å². The highest BCUT2D eigenvalue weighted by Crippen LogP contribution is 2.20. The molecule has 0 atom stereocenters. The van der Waals surface area contributed by atoms with E-state index in [2.05, 4.69) is 0 Å². The van der Waals surface area contributed by atoms with Gasteiger partial charge in [0.15, 0.2) is 0 Å². The first-order valence-electron chi connectivity index (χ1n) is 5.14. The quantitative estimate of drug-likeness (QED) is 0.597. The van der Waals surface area contributed by atoms with Crippen LogP contribution in [0.3, 0.4) is 0 Å². The number of rotatable bonds is 6. The maximum atomic E-state index is 13.4. The van der Waals surface area contributed by atoms with Gasteiger partial charge in [-0.1, -0.05) is 6.07 Å². The zero-order chi connectivity index (χ0) is 14.7. The molecule has 1 rings (SSSR count). The molecule has 0 unspecified atom stereocenters. The van der Waals surface area contributed by atoms with Crippen molar-refractivity contribution in [3.8, 4) is 0 Å². The summed E-state index contributed by atoms with van der Waals surface area (Å²) in [5, 5.41) is 0. The van der Waals surface area contributed by atoms with E-state index in [1.54, 1.807) is 0 Å². The second kappa shape index (κ2) is 5.82. The minimum absolute atomic E-state index is 0.246. The maximum absolute atomic E-state index is 13.4. The van der Waals surface area contributed by atoms with Crippen molar-refractivity contribution in [3.63, 3.8) is 0 Å². The maximum Gasteiger partial charge on any atom is 0.245 e. The summed E-state index contributed by atoms with van der Waals surface area (Å²) in [7, 11) is -6.53. The molecule has 0 bridgehead atoms. The van der Waals surface area contributed by atoms with Crippen LogP contribution in [0.2, 0.25) is 0 Å². The molecule has 0 fully saturated rings. The molecule has 0 aliphatic rings. The van der Waals surface area contributed by atoms with Gasteiger partial charge in [-0.2, -0.15) is 0 Å². The highest BCUT2D eigenvalue weighted by atomic mass is 32.2. The number of nitrogens with one attached hydrogen (secondary N) is 2. The fraction of sp³-hybridized carbons (Fsp3) is 0.333. The fourth-order valence-electron chi connectivity index (χ4n) is 1.29. The van der Waals surface area contributed by atoms with Crippen LogP contribution in [0.1, 0.15) is 0 Å². The Morgan fingerprint density at radius 2 is 1.89 bits per heavy atom. The van der Waals surface area contributed by atoms with E-state index in [-0.39, 0.29) is 12.2 Å². The summed E-state index contributed by atoms with van der Waals surface area (Å²) in [6.45, 7) is -0.390. The van der Waals surface area contributed by atoms with Crippen molar-refractivity contribution in [2.24, 2.45) is 0 Å². The lowest BCUT2D eigenvalue weighted by molar-refractivity contribution is 0.559. The first kappa shape index (κ1) is 15.8. The Morgan fingerprint density at radius 1 is 1.26 bits per heavy atom. The summed E-state index contributed by atoms with van der Waals surface area (Å²) in [5.41, 5.74) is 5.16. The first-order valence-corrected chi connectivity index (χ1v) is 8.28. The van der Waals surface area contributed by atoms with E-state index in [1.807, 2.05) is 9.44 Å². The number of nitrogen functional groups attached to an aromatic ring is 1. The van der Waals surface area contributed by atoms with Crippen molar-refractivity contribution < 1.29 is 21.2 Å². The zero-order valence-corrected chi connectivity index (χ0v) is 11.7. The Morgan fingerprint density at radius 3 is 2.42 bits per heavy atom. The molecule has 1 aromatic carbocycles. The van der Waals surface area contributed by atoms with E-state index in [1.165, 1.54) is 19.2 Å². The predicted octanol–water partition coefficient (Wildman–Crippen LogP) is -0.765. The van der Waals surface area contributed by atoms with E-state index in [9.17, 15) is 21.2 Å². The van der Waals surface area contributed by atoms with Crippen LogP contribution < -0.4 is 15.2 Å². The van der Waals surface area contributed by atoms with Gasteiger partial charge in [-0.25, -0.2) is 30.7 Å². The molecule has 0 saturated heterocycles. The Hall–Kier alpha value is -1.23. The lowest BCUT2D eigenvalue weighted by Crippen LogP contribution is -2.33. The molecule has 4 N–H and O–H groups in total. The molecule has 0 heterocycles. The van der Waals surface area contributed by atoms with Gasteiger partial charge in [0, 0.05) is 6.54 Å². The van der Waals surface area contributed by atoms with Crippen molar-refractivity contribution in [3.05, 3.63) is 24.0 Å². The largest absolute Gasteiger partial charge is 0.398 e. The first-order chi connectivity index (χ1) is 8.69. The number of anilines is 1. The molecule has 1 aromatic rings. The topological polar surface area (TPSA) is 118 Å². The van der Waals surface area contributed by atoms with Crippen LogP contribution in [-0.4, -0.2) is 36.2 Å². The Bertz CT molecular complexity index is 638. The van der Waals surface area contributed by atoms with Gasteiger partial charge in [0.1, 0.15) is 10.7 Å². The van der Waals surface area contributed by atoms with Crippen molar-refractivity contribution in [1.82, 2.24) is 9.44 Å². The third kappa shape index (κ3) is 4.13. The molecule has 0 amide bonds. The summed E-state index contributed by atoms with van der Waals surface area (Å²) in [5.74, 6) is -1.46. The van der Waals surface area contributed by atoms with Crippen LogP contribution in [0, 0.1) is 5.82 Å². The Balaban J connectivity index is 2.89. The lowest BCUT2D eigenvalue weighted by atomic mass is 10.3. The molecule has 0 radical (unpaired) electrons. The minimum Gasteiger partial charge on any atom is -0.398 e. The van der Waals surface area contributed by atoms with Crippen LogP contribution in [0.15, 0.2) is 23.1 Å². The third-order valence-electron chi connectivity index (χ3n) is 2.24. The SMILES string of the molecule is CNS(=O)(=O)CCNS(=O)(=O)c1c(N)cccc1F. The molecule has 108 valence electrons. The van der Waals surface area contributed by atoms with Gasteiger partial charge in [-0.3, -0.25) is 0 Å². The molecule has 10 heteroatoms. The second-order valence-electron chi connectivity index (χ2n) is 3.58. The van der Waals surface area contributed by atoms with Crippen molar-refractivity contribution in [2.45, 2.75) is 4.90 Å². The zero-order valence-electron chi connectivity index (χ0n) is 10.1. The summed E-state index contributed by atoms with van der Waals surface area (Å²) < 4.78 is 63.3. The summed E-state index contributed by atoms with van der Waals surface area (Å²) in [6.07, 6.45) is 0. The number of hydrogen-bond acceptors (Lipinski definition) is 5. The van der Waals surface area contributed by atoms with Gasteiger partial charge in [-0.15, -0.1) is 0 Å². The van der Waals surface area contributed by atoms with Crippen molar-refractivity contribution in [2.75, 3.05) is 25.1 Å². The Labute approximate surface area is 111 Å². The minimum atomic E-state index is -4.19. The molecule has 7 nitrogen and oxygen atoms in total. The molecule has 0 spiro atoms. The van der Waals surface area contributed by atoms with Gasteiger partial charge in [0.25, 0.3) is 0 Å². The summed E-state index contributed by atoms with van der Waals surface area (Å²) in [4.78, 5) is -0.683. The molecule has 0 aliphatic carbocycles. The van der Waals surface area contributed by atoms with E-state index >= 15 is 0 Å². The van der Waals surface area contributed by atoms with E-state index in [0.717, 1.165) is 6.07 Å². The normalized spacial score (nSPS) is 12.5. The highest BCUT2D eigenvalue weighted by Gasteiger charge is 2.22. The average molecular weight is 311 g/mol. The predicted molar refractivity (Wildman–Crippen MR) is 68.8 cm³/mol. The van der Waals surface area contributed by atoms with E-state index in [0.29, 0.717) is 0 Å². The average Bonchev–Trinajstić information content (AvgIpc) is 2.27. The lowest BCUT2D eigenvalue weighted by Gasteiger charge is -2.09. The number of benzene rings is 1. The second-order valence-corrected chi connectivity index (χ2v) is 7.33. The summed E-state index contributed by atoms with van der Waals surface area (Å²) in [6, 6.07) is 3.46. The molecular weight excluding hydrogens is 297 g/mol. The van der Waals surface area contributed by atoms with Crippen LogP contribution in [0.25, 0.3) is 0 Å². The molecule has 0 aromatic heterocycles. The van der Waals surface area contributed by atoms with Gasteiger partial charge in [0.05, 0.1) is 11.4 Å². The van der Waals surface area contributed by atoms with Crippen LogP contribution in [0.5, 0.6) is 0 Å². The molecule has 19 heavy (non-hydrogen) atoms. The molecule has 0 aliphatic heterocycles.